The van der Waals surface area contributed by atoms with Gasteiger partial charge in [0.1, 0.15) is 0 Å². The third-order valence-electron chi connectivity index (χ3n) is 4.89. The molecule has 4 rings (SSSR count). The lowest BCUT2D eigenvalue weighted by atomic mass is 9.95. The zero-order chi connectivity index (χ0) is 19.6. The van der Waals surface area contributed by atoms with Crippen molar-refractivity contribution >= 4 is 33.4 Å². The van der Waals surface area contributed by atoms with Gasteiger partial charge in [-0.15, -0.1) is 0 Å². The number of hydrogen-bond acceptors (Lipinski definition) is 3. The van der Waals surface area contributed by atoms with Crippen molar-refractivity contribution in [1.29, 1.82) is 0 Å². The second-order valence-electron chi connectivity index (χ2n) is 6.82. The molecule has 0 spiro atoms. The monoisotopic (exact) mass is 438 g/mol. The predicted octanol–water partition coefficient (Wildman–Crippen LogP) is 3.42. The van der Waals surface area contributed by atoms with E-state index in [-0.39, 0.29) is 18.4 Å². The van der Waals surface area contributed by atoms with Gasteiger partial charge in [0.05, 0.1) is 17.6 Å². The minimum absolute atomic E-state index is 0.0600. The van der Waals surface area contributed by atoms with Crippen LogP contribution in [-0.4, -0.2) is 28.1 Å². The lowest BCUT2D eigenvalue weighted by molar-refractivity contribution is -0.126. The summed E-state index contributed by atoms with van der Waals surface area (Å²) in [5, 5.41) is 9.74. The van der Waals surface area contributed by atoms with Crippen LogP contribution < -0.4 is 10.6 Å². The second-order valence-corrected chi connectivity index (χ2v) is 7.74. The number of aromatic nitrogens is 2. The summed E-state index contributed by atoms with van der Waals surface area (Å²) in [6, 6.07) is 17.0. The standard InChI is InChI=1S/C21H19BrN4O2/c22-16-4-1-3-15(13-16)21(9-10-21)20(28)23-14-19(27)25-17-5-7-18(8-6-17)26-12-2-11-24-26/h1-8,11-13H,9-10,14H2,(H,23,28)(H,25,27). The quantitative estimate of drug-likeness (QED) is 0.618. The Morgan fingerprint density at radius 1 is 1.11 bits per heavy atom. The maximum absolute atomic E-state index is 12.7. The Balaban J connectivity index is 1.33. The molecule has 0 aliphatic heterocycles. The number of carbonyl (C=O) groups is 2. The van der Waals surface area contributed by atoms with Crippen molar-refractivity contribution in [2.24, 2.45) is 0 Å². The Kier molecular flexibility index (Phi) is 5.00. The number of carbonyl (C=O) groups excluding carboxylic acids is 2. The molecule has 1 saturated carbocycles. The molecule has 1 heterocycles. The minimum Gasteiger partial charge on any atom is -0.346 e. The van der Waals surface area contributed by atoms with Gasteiger partial charge in [0.15, 0.2) is 0 Å². The molecule has 3 aromatic rings. The third kappa shape index (κ3) is 3.84. The summed E-state index contributed by atoms with van der Waals surface area (Å²) in [6.45, 7) is -0.0600. The number of amides is 2. The molecule has 7 heteroatoms. The topological polar surface area (TPSA) is 76.0 Å². The predicted molar refractivity (Wildman–Crippen MR) is 110 cm³/mol. The van der Waals surface area contributed by atoms with Crippen LogP contribution in [0.2, 0.25) is 0 Å². The number of halogens is 1. The van der Waals surface area contributed by atoms with Crippen LogP contribution in [0.1, 0.15) is 18.4 Å². The van der Waals surface area contributed by atoms with Gasteiger partial charge in [-0.3, -0.25) is 9.59 Å². The van der Waals surface area contributed by atoms with Gasteiger partial charge in [0.2, 0.25) is 11.8 Å². The van der Waals surface area contributed by atoms with Crippen LogP contribution in [0.15, 0.2) is 71.5 Å². The van der Waals surface area contributed by atoms with Crippen molar-refractivity contribution < 1.29 is 9.59 Å². The van der Waals surface area contributed by atoms with E-state index >= 15 is 0 Å². The highest BCUT2D eigenvalue weighted by atomic mass is 79.9. The number of hydrogen-bond donors (Lipinski definition) is 2. The first-order valence-electron chi connectivity index (χ1n) is 9.01. The maximum Gasteiger partial charge on any atom is 0.243 e. The van der Waals surface area contributed by atoms with E-state index in [1.807, 2.05) is 48.7 Å². The molecule has 2 aromatic carbocycles. The number of rotatable bonds is 6. The van der Waals surface area contributed by atoms with Gasteiger partial charge < -0.3 is 10.6 Å². The van der Waals surface area contributed by atoms with E-state index in [0.29, 0.717) is 5.69 Å². The normalized spacial score (nSPS) is 14.3. The largest absolute Gasteiger partial charge is 0.346 e. The molecule has 6 nitrogen and oxygen atoms in total. The molecule has 142 valence electrons. The van der Waals surface area contributed by atoms with E-state index in [2.05, 4.69) is 31.7 Å². The summed E-state index contributed by atoms with van der Waals surface area (Å²) in [4.78, 5) is 24.9. The van der Waals surface area contributed by atoms with Crippen molar-refractivity contribution in [2.75, 3.05) is 11.9 Å². The highest BCUT2D eigenvalue weighted by Crippen LogP contribution is 2.48. The summed E-state index contributed by atoms with van der Waals surface area (Å²) < 4.78 is 2.68. The molecule has 0 unspecified atom stereocenters. The molecule has 0 saturated heterocycles. The van der Waals surface area contributed by atoms with E-state index < -0.39 is 5.41 Å². The van der Waals surface area contributed by atoms with E-state index in [9.17, 15) is 9.59 Å². The molecule has 0 radical (unpaired) electrons. The Hall–Kier alpha value is -2.93. The van der Waals surface area contributed by atoms with Crippen LogP contribution in [0.3, 0.4) is 0 Å². The van der Waals surface area contributed by atoms with E-state index in [1.165, 1.54) is 0 Å². The van der Waals surface area contributed by atoms with Crippen LogP contribution in [0.25, 0.3) is 5.69 Å². The summed E-state index contributed by atoms with van der Waals surface area (Å²) in [7, 11) is 0. The minimum atomic E-state index is -0.504. The number of nitrogens with one attached hydrogen (secondary N) is 2. The van der Waals surface area contributed by atoms with Gasteiger partial charge >= 0.3 is 0 Å². The first-order chi connectivity index (χ1) is 13.6. The Morgan fingerprint density at radius 3 is 2.54 bits per heavy atom. The number of anilines is 1. The fraction of sp³-hybridized carbons (Fsp3) is 0.190. The average molecular weight is 439 g/mol. The second kappa shape index (κ2) is 7.59. The van der Waals surface area contributed by atoms with E-state index in [4.69, 9.17) is 0 Å². The fourth-order valence-corrected chi connectivity index (χ4v) is 3.61. The number of benzene rings is 2. The lowest BCUT2D eigenvalue weighted by Crippen LogP contribution is -2.39. The molecule has 0 atom stereocenters. The van der Waals surface area contributed by atoms with Gasteiger partial charge in [0.25, 0.3) is 0 Å². The summed E-state index contributed by atoms with van der Waals surface area (Å²) >= 11 is 3.45. The molecule has 2 amide bonds. The molecule has 28 heavy (non-hydrogen) atoms. The molecule has 1 fully saturated rings. The molecule has 1 aliphatic rings. The highest BCUT2D eigenvalue weighted by Gasteiger charge is 2.51. The Labute approximate surface area is 171 Å². The van der Waals surface area contributed by atoms with Crippen LogP contribution in [0.5, 0.6) is 0 Å². The lowest BCUT2D eigenvalue weighted by Gasteiger charge is -2.16. The smallest absolute Gasteiger partial charge is 0.243 e. The molecular formula is C21H19BrN4O2. The van der Waals surface area contributed by atoms with Crippen LogP contribution in [-0.2, 0) is 15.0 Å². The first kappa shape index (κ1) is 18.4. The van der Waals surface area contributed by atoms with Crippen molar-refractivity contribution in [2.45, 2.75) is 18.3 Å². The maximum atomic E-state index is 12.7. The molecule has 1 aliphatic carbocycles. The molecular weight excluding hydrogens is 420 g/mol. The van der Waals surface area contributed by atoms with Gasteiger partial charge in [-0.2, -0.15) is 5.10 Å². The van der Waals surface area contributed by atoms with E-state index in [1.54, 1.807) is 23.0 Å². The Morgan fingerprint density at radius 2 is 1.89 bits per heavy atom. The van der Waals surface area contributed by atoms with Gasteiger partial charge in [-0.05, 0) is 60.9 Å². The van der Waals surface area contributed by atoms with Gasteiger partial charge in [-0.25, -0.2) is 4.68 Å². The SMILES string of the molecule is O=C(CNC(=O)C1(c2cccc(Br)c2)CC1)Nc1ccc(-n2cccn2)cc1. The molecule has 1 aromatic heterocycles. The van der Waals surface area contributed by atoms with Crippen molar-refractivity contribution in [1.82, 2.24) is 15.1 Å². The van der Waals surface area contributed by atoms with E-state index in [0.717, 1.165) is 28.6 Å². The number of nitrogens with zero attached hydrogens (tertiary/aromatic N) is 2. The van der Waals surface area contributed by atoms with Crippen molar-refractivity contribution in [3.63, 3.8) is 0 Å². The third-order valence-corrected chi connectivity index (χ3v) is 5.38. The van der Waals surface area contributed by atoms with Crippen LogP contribution in [0.4, 0.5) is 5.69 Å². The van der Waals surface area contributed by atoms with Crippen molar-refractivity contribution in [3.8, 4) is 5.69 Å². The average Bonchev–Trinajstić information content (AvgIpc) is 3.34. The summed E-state index contributed by atoms with van der Waals surface area (Å²) in [6.07, 6.45) is 5.15. The van der Waals surface area contributed by atoms with Gasteiger partial charge in [0, 0.05) is 22.6 Å². The molecule has 0 bridgehead atoms. The van der Waals surface area contributed by atoms with Crippen molar-refractivity contribution in [3.05, 3.63) is 77.0 Å². The first-order valence-corrected chi connectivity index (χ1v) is 9.80. The Bertz CT molecular complexity index is 996. The highest BCUT2D eigenvalue weighted by molar-refractivity contribution is 9.10. The van der Waals surface area contributed by atoms with Gasteiger partial charge in [-0.1, -0.05) is 28.1 Å². The fourth-order valence-electron chi connectivity index (χ4n) is 3.21. The van der Waals surface area contributed by atoms with Crippen LogP contribution >= 0.6 is 15.9 Å². The summed E-state index contributed by atoms with van der Waals surface area (Å²) in [5.74, 6) is -0.361. The summed E-state index contributed by atoms with van der Waals surface area (Å²) in [5.41, 5.74) is 2.05. The zero-order valence-electron chi connectivity index (χ0n) is 15.1. The zero-order valence-corrected chi connectivity index (χ0v) is 16.6. The van der Waals surface area contributed by atoms with Crippen LogP contribution in [0, 0.1) is 0 Å². The molecule has 2 N–H and O–H groups in total.